The molecule has 0 aromatic carbocycles. The van der Waals surface area contributed by atoms with E-state index in [1.54, 1.807) is 6.92 Å². The third-order valence-electron chi connectivity index (χ3n) is 1.62. The zero-order valence-electron chi connectivity index (χ0n) is 8.58. The summed E-state index contributed by atoms with van der Waals surface area (Å²) in [4.78, 5) is 16.2. The van der Waals surface area contributed by atoms with Crippen molar-refractivity contribution in [2.45, 2.75) is 20.5 Å². The van der Waals surface area contributed by atoms with Crippen molar-refractivity contribution < 1.29 is 14.3 Å². The molecule has 0 atom stereocenters. The average Bonchev–Trinajstić information content (AvgIpc) is 2.46. The highest BCUT2D eigenvalue weighted by atomic mass is 79.9. The molecular formula is C9H12BrNO3S. The molecule has 15 heavy (non-hydrogen) atoms. The Morgan fingerprint density at radius 3 is 2.87 bits per heavy atom. The number of aromatic nitrogens is 1. The molecule has 0 saturated heterocycles. The molecule has 1 rings (SSSR count). The van der Waals surface area contributed by atoms with Gasteiger partial charge in [-0.1, -0.05) is 0 Å². The Morgan fingerprint density at radius 2 is 2.33 bits per heavy atom. The molecule has 1 heterocycles. The normalized spacial score (nSPS) is 10.3. The topological polar surface area (TPSA) is 48.4 Å². The number of esters is 1. The predicted octanol–water partition coefficient (Wildman–Crippen LogP) is 2.29. The molecule has 0 aliphatic carbocycles. The van der Waals surface area contributed by atoms with Gasteiger partial charge < -0.3 is 9.47 Å². The Kier molecular flexibility index (Phi) is 5.21. The molecule has 0 aliphatic heterocycles. The summed E-state index contributed by atoms with van der Waals surface area (Å²) < 4.78 is 10.8. The number of halogens is 1. The lowest BCUT2D eigenvalue weighted by atomic mass is 10.4. The maximum atomic E-state index is 11.0. The standard InChI is InChI=1S/C9H12BrNO3S/c1-3-14-8(12)5-13-4-7-6(2)11-9(10)15-7/h3-5H2,1-2H3. The highest BCUT2D eigenvalue weighted by Crippen LogP contribution is 2.23. The summed E-state index contributed by atoms with van der Waals surface area (Å²) in [5.41, 5.74) is 0.927. The minimum absolute atomic E-state index is 0.0111. The van der Waals surface area contributed by atoms with Gasteiger partial charge in [0.05, 0.1) is 23.8 Å². The van der Waals surface area contributed by atoms with Crippen LogP contribution in [-0.2, 0) is 20.9 Å². The van der Waals surface area contributed by atoms with Gasteiger partial charge in [0, 0.05) is 0 Å². The van der Waals surface area contributed by atoms with Crippen LogP contribution in [0, 0.1) is 6.92 Å². The fraction of sp³-hybridized carbons (Fsp3) is 0.556. The number of ether oxygens (including phenoxy) is 2. The van der Waals surface area contributed by atoms with E-state index in [9.17, 15) is 4.79 Å². The van der Waals surface area contributed by atoms with Crippen molar-refractivity contribution in [3.63, 3.8) is 0 Å². The first-order valence-corrected chi connectivity index (χ1v) is 6.09. The first-order valence-electron chi connectivity index (χ1n) is 4.48. The maximum absolute atomic E-state index is 11.0. The second kappa shape index (κ2) is 6.19. The van der Waals surface area contributed by atoms with E-state index in [0.29, 0.717) is 13.2 Å². The first kappa shape index (κ1) is 12.6. The predicted molar refractivity (Wildman–Crippen MR) is 60.8 cm³/mol. The van der Waals surface area contributed by atoms with Crippen LogP contribution in [0.25, 0.3) is 0 Å². The first-order chi connectivity index (χ1) is 7.13. The highest BCUT2D eigenvalue weighted by Gasteiger charge is 2.07. The molecule has 84 valence electrons. The van der Waals surface area contributed by atoms with Gasteiger partial charge in [0.2, 0.25) is 0 Å². The van der Waals surface area contributed by atoms with Crippen molar-refractivity contribution in [1.82, 2.24) is 4.98 Å². The van der Waals surface area contributed by atoms with Crippen molar-refractivity contribution in [1.29, 1.82) is 0 Å². The molecule has 0 aliphatic rings. The molecule has 0 bridgehead atoms. The van der Waals surface area contributed by atoms with Crippen LogP contribution in [0.1, 0.15) is 17.5 Å². The molecule has 1 aromatic heterocycles. The van der Waals surface area contributed by atoms with Crippen LogP contribution in [0.4, 0.5) is 0 Å². The lowest BCUT2D eigenvalue weighted by Crippen LogP contribution is -2.12. The maximum Gasteiger partial charge on any atom is 0.332 e. The van der Waals surface area contributed by atoms with Gasteiger partial charge in [0.25, 0.3) is 0 Å². The Hall–Kier alpha value is -0.460. The Balaban J connectivity index is 2.31. The quantitative estimate of drug-likeness (QED) is 0.782. The third kappa shape index (κ3) is 4.27. The second-order valence-electron chi connectivity index (χ2n) is 2.77. The van der Waals surface area contributed by atoms with Crippen LogP contribution in [-0.4, -0.2) is 24.2 Å². The summed E-state index contributed by atoms with van der Waals surface area (Å²) >= 11 is 4.80. The number of carbonyl (C=O) groups excluding carboxylic acids is 1. The zero-order valence-corrected chi connectivity index (χ0v) is 11.0. The SMILES string of the molecule is CCOC(=O)COCc1sc(Br)nc1C. The van der Waals surface area contributed by atoms with Crippen molar-refractivity contribution in [2.24, 2.45) is 0 Å². The van der Waals surface area contributed by atoms with E-state index in [0.717, 1.165) is 14.5 Å². The summed E-state index contributed by atoms with van der Waals surface area (Å²) in [5, 5.41) is 0. The van der Waals surface area contributed by atoms with Gasteiger partial charge in [0.15, 0.2) is 3.92 Å². The Bertz CT molecular complexity index is 340. The van der Waals surface area contributed by atoms with Crippen molar-refractivity contribution in [3.05, 3.63) is 14.5 Å². The lowest BCUT2D eigenvalue weighted by molar-refractivity contribution is -0.148. The van der Waals surface area contributed by atoms with Crippen molar-refractivity contribution in [3.8, 4) is 0 Å². The zero-order chi connectivity index (χ0) is 11.3. The summed E-state index contributed by atoms with van der Waals surface area (Å²) in [6.07, 6.45) is 0. The van der Waals surface area contributed by atoms with Gasteiger partial charge in [0.1, 0.15) is 6.61 Å². The summed E-state index contributed by atoms with van der Waals surface area (Å²) in [6.45, 7) is 4.44. The Morgan fingerprint density at radius 1 is 1.60 bits per heavy atom. The van der Waals surface area contributed by atoms with Crippen LogP contribution in [0.5, 0.6) is 0 Å². The number of aryl methyl sites for hydroxylation is 1. The number of nitrogens with zero attached hydrogens (tertiary/aromatic N) is 1. The van der Waals surface area contributed by atoms with Crippen LogP contribution < -0.4 is 0 Å². The third-order valence-corrected chi connectivity index (χ3v) is 3.21. The number of rotatable bonds is 5. The smallest absolute Gasteiger partial charge is 0.332 e. The molecule has 0 saturated carbocycles. The van der Waals surface area contributed by atoms with E-state index in [2.05, 4.69) is 20.9 Å². The molecule has 0 fully saturated rings. The number of hydrogen-bond acceptors (Lipinski definition) is 5. The van der Waals surface area contributed by atoms with Gasteiger partial charge in [-0.15, -0.1) is 11.3 Å². The van der Waals surface area contributed by atoms with E-state index in [4.69, 9.17) is 9.47 Å². The second-order valence-corrected chi connectivity index (χ2v) is 5.13. The van der Waals surface area contributed by atoms with Crippen molar-refractivity contribution >= 4 is 33.2 Å². The van der Waals surface area contributed by atoms with Gasteiger partial charge in [-0.3, -0.25) is 0 Å². The van der Waals surface area contributed by atoms with Crippen molar-refractivity contribution in [2.75, 3.05) is 13.2 Å². The molecule has 4 nitrogen and oxygen atoms in total. The molecule has 1 aromatic rings. The summed E-state index contributed by atoms with van der Waals surface area (Å²) in [5.74, 6) is -0.335. The van der Waals surface area contributed by atoms with E-state index in [-0.39, 0.29) is 12.6 Å². The van der Waals surface area contributed by atoms with Crippen LogP contribution in [0.3, 0.4) is 0 Å². The van der Waals surface area contributed by atoms with E-state index in [1.807, 2.05) is 6.92 Å². The van der Waals surface area contributed by atoms with Crippen LogP contribution >= 0.6 is 27.3 Å². The van der Waals surface area contributed by atoms with Crippen LogP contribution in [0.2, 0.25) is 0 Å². The molecule has 6 heteroatoms. The van der Waals surface area contributed by atoms with Gasteiger partial charge >= 0.3 is 5.97 Å². The fourth-order valence-corrected chi connectivity index (χ4v) is 2.53. The molecular weight excluding hydrogens is 282 g/mol. The monoisotopic (exact) mass is 293 g/mol. The molecule has 0 N–H and O–H groups in total. The lowest BCUT2D eigenvalue weighted by Gasteiger charge is -2.02. The fourth-order valence-electron chi connectivity index (χ4n) is 0.956. The van der Waals surface area contributed by atoms with Gasteiger partial charge in [-0.2, -0.15) is 0 Å². The average molecular weight is 294 g/mol. The minimum Gasteiger partial charge on any atom is -0.464 e. The van der Waals surface area contributed by atoms with E-state index in [1.165, 1.54) is 11.3 Å². The Labute approximate surface area is 101 Å². The van der Waals surface area contributed by atoms with E-state index >= 15 is 0 Å². The van der Waals surface area contributed by atoms with Gasteiger partial charge in [-0.25, -0.2) is 9.78 Å². The van der Waals surface area contributed by atoms with E-state index < -0.39 is 0 Å². The molecule has 0 radical (unpaired) electrons. The van der Waals surface area contributed by atoms with Gasteiger partial charge in [-0.05, 0) is 29.8 Å². The summed E-state index contributed by atoms with van der Waals surface area (Å²) in [6, 6.07) is 0. The molecule has 0 amide bonds. The number of hydrogen-bond donors (Lipinski definition) is 0. The largest absolute Gasteiger partial charge is 0.464 e. The minimum atomic E-state index is -0.335. The molecule has 0 spiro atoms. The van der Waals surface area contributed by atoms with Crippen LogP contribution in [0.15, 0.2) is 3.92 Å². The summed E-state index contributed by atoms with van der Waals surface area (Å²) in [7, 11) is 0. The highest BCUT2D eigenvalue weighted by molar-refractivity contribution is 9.11. The number of carbonyl (C=O) groups is 1. The molecule has 0 unspecified atom stereocenters. The number of thiazole rings is 1.